The summed E-state index contributed by atoms with van der Waals surface area (Å²) in [6.45, 7) is 2.38. The summed E-state index contributed by atoms with van der Waals surface area (Å²) in [5, 5.41) is 8.89. The van der Waals surface area contributed by atoms with Gasteiger partial charge in [0.2, 0.25) is 10.0 Å². The van der Waals surface area contributed by atoms with Crippen LogP contribution < -0.4 is 4.72 Å². The van der Waals surface area contributed by atoms with E-state index in [4.69, 9.17) is 9.84 Å². The molecule has 0 saturated heterocycles. The lowest BCUT2D eigenvalue weighted by Crippen LogP contribution is -2.47. The van der Waals surface area contributed by atoms with Crippen LogP contribution in [0.4, 0.5) is 0 Å². The van der Waals surface area contributed by atoms with Gasteiger partial charge in [-0.3, -0.25) is 0 Å². The molecular weight excluding hydrogens is 256 g/mol. The third-order valence-electron chi connectivity index (χ3n) is 3.02. The highest BCUT2D eigenvalue weighted by Gasteiger charge is 2.33. The Balaban J connectivity index is 1.92. The lowest BCUT2D eigenvalue weighted by molar-refractivity contribution is -0.00475. The molecule has 1 aromatic rings. The number of aromatic nitrogens is 1. The van der Waals surface area contributed by atoms with Crippen molar-refractivity contribution in [3.8, 4) is 0 Å². The number of aliphatic hydroxyl groups excluding tert-OH is 1. The lowest BCUT2D eigenvalue weighted by atomic mass is 9.90. The van der Waals surface area contributed by atoms with E-state index >= 15 is 0 Å². The smallest absolute Gasteiger partial charge is 0.242 e. The minimum Gasteiger partial charge on any atom is -0.390 e. The fourth-order valence-electron chi connectivity index (χ4n) is 1.99. The zero-order chi connectivity index (χ0) is 13.2. The fraction of sp³-hybridized carbons (Fsp3) is 0.636. The molecule has 0 spiro atoms. The van der Waals surface area contributed by atoms with E-state index in [9.17, 15) is 8.42 Å². The van der Waals surface area contributed by atoms with E-state index in [2.05, 4.69) is 9.71 Å². The van der Waals surface area contributed by atoms with Crippen molar-refractivity contribution in [1.82, 2.24) is 9.71 Å². The molecule has 1 heterocycles. The van der Waals surface area contributed by atoms with Crippen molar-refractivity contribution in [2.24, 2.45) is 0 Å². The van der Waals surface area contributed by atoms with E-state index in [-0.39, 0.29) is 23.6 Å². The number of hydrogen-bond acceptors (Lipinski definition) is 4. The molecule has 0 aromatic carbocycles. The average molecular weight is 274 g/mol. The fourth-order valence-corrected chi connectivity index (χ4v) is 3.27. The number of aromatic amines is 1. The predicted octanol–water partition coefficient (Wildman–Crippen LogP) is 0.353. The van der Waals surface area contributed by atoms with Crippen molar-refractivity contribution < 1.29 is 18.3 Å². The van der Waals surface area contributed by atoms with Crippen LogP contribution in [0.2, 0.25) is 0 Å². The first-order valence-electron chi connectivity index (χ1n) is 5.97. The van der Waals surface area contributed by atoms with E-state index < -0.39 is 10.0 Å². The minimum absolute atomic E-state index is 0.0565. The van der Waals surface area contributed by atoms with Crippen LogP contribution in [-0.2, 0) is 21.4 Å². The highest BCUT2D eigenvalue weighted by molar-refractivity contribution is 7.89. The summed E-state index contributed by atoms with van der Waals surface area (Å²) in [4.78, 5) is 2.86. The van der Waals surface area contributed by atoms with Crippen molar-refractivity contribution in [3.05, 3.63) is 18.0 Å². The maximum atomic E-state index is 12.0. The quantitative estimate of drug-likeness (QED) is 0.698. The molecule has 1 aliphatic carbocycles. The summed E-state index contributed by atoms with van der Waals surface area (Å²) in [6, 6.07) is 1.38. The monoisotopic (exact) mass is 274 g/mol. The third-order valence-corrected chi connectivity index (χ3v) is 4.52. The SMILES string of the molecule is CCOC1CC(NS(=O)(=O)c2c[nH]c(CO)c2)C1. The van der Waals surface area contributed by atoms with Crippen LogP contribution in [0.1, 0.15) is 25.5 Å². The van der Waals surface area contributed by atoms with Crippen molar-refractivity contribution in [3.63, 3.8) is 0 Å². The molecular formula is C11H18N2O4S. The van der Waals surface area contributed by atoms with Gasteiger partial charge in [0.15, 0.2) is 0 Å². The van der Waals surface area contributed by atoms with Gasteiger partial charge in [0, 0.05) is 24.5 Å². The van der Waals surface area contributed by atoms with E-state index in [1.165, 1.54) is 12.3 Å². The van der Waals surface area contributed by atoms with Crippen LogP contribution in [0.5, 0.6) is 0 Å². The summed E-state index contributed by atoms with van der Waals surface area (Å²) in [6.07, 6.45) is 2.98. The zero-order valence-corrected chi connectivity index (χ0v) is 11.0. The average Bonchev–Trinajstić information content (AvgIpc) is 2.75. The number of aliphatic hydroxyl groups is 1. The molecule has 0 atom stereocenters. The first kappa shape index (κ1) is 13.5. The molecule has 3 N–H and O–H groups in total. The Bertz CT molecular complexity index is 491. The van der Waals surface area contributed by atoms with Gasteiger partial charge in [0.25, 0.3) is 0 Å². The first-order chi connectivity index (χ1) is 8.55. The number of H-pyrrole nitrogens is 1. The Morgan fingerprint density at radius 1 is 1.56 bits per heavy atom. The van der Waals surface area contributed by atoms with Gasteiger partial charge >= 0.3 is 0 Å². The van der Waals surface area contributed by atoms with E-state index in [0.29, 0.717) is 25.1 Å². The molecule has 7 heteroatoms. The van der Waals surface area contributed by atoms with E-state index in [0.717, 1.165) is 0 Å². The van der Waals surface area contributed by atoms with Crippen molar-refractivity contribution in [2.45, 2.75) is 43.4 Å². The first-order valence-corrected chi connectivity index (χ1v) is 7.45. The second-order valence-electron chi connectivity index (χ2n) is 4.39. The highest BCUT2D eigenvalue weighted by Crippen LogP contribution is 2.25. The Labute approximate surface area is 106 Å². The molecule has 0 unspecified atom stereocenters. The highest BCUT2D eigenvalue weighted by atomic mass is 32.2. The van der Waals surface area contributed by atoms with Gasteiger partial charge in [0.05, 0.1) is 17.6 Å². The molecule has 0 amide bonds. The van der Waals surface area contributed by atoms with E-state index in [1.54, 1.807) is 0 Å². The molecule has 6 nitrogen and oxygen atoms in total. The molecule has 0 radical (unpaired) electrons. The van der Waals surface area contributed by atoms with Gasteiger partial charge in [0.1, 0.15) is 0 Å². The Morgan fingerprint density at radius 3 is 2.83 bits per heavy atom. The third kappa shape index (κ3) is 2.92. The molecule has 1 aromatic heterocycles. The summed E-state index contributed by atoms with van der Waals surface area (Å²) < 4.78 is 32.0. The van der Waals surface area contributed by atoms with Gasteiger partial charge in [-0.05, 0) is 25.8 Å². The summed E-state index contributed by atoms with van der Waals surface area (Å²) in [5.41, 5.74) is 0.483. The molecule has 1 aliphatic rings. The Hall–Kier alpha value is -0.890. The van der Waals surface area contributed by atoms with Crippen LogP contribution >= 0.6 is 0 Å². The molecule has 18 heavy (non-hydrogen) atoms. The number of hydrogen-bond donors (Lipinski definition) is 3. The molecule has 0 bridgehead atoms. The number of nitrogens with one attached hydrogen (secondary N) is 2. The van der Waals surface area contributed by atoms with Crippen molar-refractivity contribution >= 4 is 10.0 Å². The number of ether oxygens (including phenoxy) is 1. The van der Waals surface area contributed by atoms with Gasteiger partial charge in [-0.1, -0.05) is 0 Å². The summed E-state index contributed by atoms with van der Waals surface area (Å²) in [7, 11) is -3.50. The van der Waals surface area contributed by atoms with Crippen LogP contribution in [0.3, 0.4) is 0 Å². The van der Waals surface area contributed by atoms with Gasteiger partial charge < -0.3 is 14.8 Å². The van der Waals surface area contributed by atoms with Gasteiger partial charge in [-0.2, -0.15) is 0 Å². The molecule has 1 saturated carbocycles. The molecule has 0 aliphatic heterocycles. The lowest BCUT2D eigenvalue weighted by Gasteiger charge is -2.34. The normalized spacial score (nSPS) is 23.9. The standard InChI is InChI=1S/C11H18N2O4S/c1-2-17-10-3-8(4-10)13-18(15,16)11-5-9(7-14)12-6-11/h5-6,8,10,12-14H,2-4,7H2,1H3. The second-order valence-corrected chi connectivity index (χ2v) is 6.10. The van der Waals surface area contributed by atoms with Crippen LogP contribution in [-0.4, -0.2) is 37.3 Å². The van der Waals surface area contributed by atoms with Crippen molar-refractivity contribution in [2.75, 3.05) is 6.61 Å². The number of sulfonamides is 1. The van der Waals surface area contributed by atoms with Crippen LogP contribution in [0, 0.1) is 0 Å². The maximum absolute atomic E-state index is 12.0. The molecule has 1 fully saturated rings. The zero-order valence-electron chi connectivity index (χ0n) is 10.2. The summed E-state index contributed by atoms with van der Waals surface area (Å²) >= 11 is 0. The van der Waals surface area contributed by atoms with Gasteiger partial charge in [-0.15, -0.1) is 0 Å². The molecule has 102 valence electrons. The Morgan fingerprint density at radius 2 is 2.28 bits per heavy atom. The van der Waals surface area contributed by atoms with Crippen LogP contribution in [0.15, 0.2) is 17.2 Å². The maximum Gasteiger partial charge on any atom is 0.242 e. The number of rotatable bonds is 6. The molecule has 2 rings (SSSR count). The Kier molecular flexibility index (Phi) is 4.06. The van der Waals surface area contributed by atoms with E-state index in [1.807, 2.05) is 6.92 Å². The summed E-state index contributed by atoms with van der Waals surface area (Å²) in [5.74, 6) is 0. The second kappa shape index (κ2) is 5.40. The largest absolute Gasteiger partial charge is 0.390 e. The predicted molar refractivity (Wildman–Crippen MR) is 65.5 cm³/mol. The van der Waals surface area contributed by atoms with Crippen molar-refractivity contribution in [1.29, 1.82) is 0 Å². The van der Waals surface area contributed by atoms with Gasteiger partial charge in [-0.25, -0.2) is 13.1 Å². The van der Waals surface area contributed by atoms with Crippen LogP contribution in [0.25, 0.3) is 0 Å². The minimum atomic E-state index is -3.50. The topological polar surface area (TPSA) is 91.4 Å².